The van der Waals surface area contributed by atoms with Crippen molar-refractivity contribution in [1.29, 1.82) is 0 Å². The number of hydrogen-bond acceptors (Lipinski definition) is 7. The van der Waals surface area contributed by atoms with Gasteiger partial charge in [0, 0.05) is 37.1 Å². The first kappa shape index (κ1) is 31.3. The first-order valence-corrected chi connectivity index (χ1v) is 14.0. The molecule has 216 valence electrons. The Bertz CT molecular complexity index is 1220. The number of phenolic OH excluding ortho intramolecular Hbond substituents is 1. The van der Waals surface area contributed by atoms with Crippen LogP contribution in [0.2, 0.25) is 0 Å². The zero-order valence-electron chi connectivity index (χ0n) is 22.6. The lowest BCUT2D eigenvalue weighted by molar-refractivity contribution is -0.131. The average Bonchev–Trinajstić information content (AvgIpc) is 2.89. The first-order valence-electron chi connectivity index (χ1n) is 13.5. The molecule has 0 aliphatic heterocycles. The quantitative estimate of drug-likeness (QED) is 0.130. The van der Waals surface area contributed by atoms with Crippen LogP contribution in [0.25, 0.3) is 11.1 Å². The van der Waals surface area contributed by atoms with Crippen LogP contribution in [0.4, 0.5) is 10.5 Å². The van der Waals surface area contributed by atoms with Crippen LogP contribution in [0.1, 0.15) is 54.9 Å². The molecule has 1 aliphatic rings. The van der Waals surface area contributed by atoms with Crippen molar-refractivity contribution in [2.45, 2.75) is 45.4 Å². The van der Waals surface area contributed by atoms with E-state index < -0.39 is 18.4 Å². The summed E-state index contributed by atoms with van der Waals surface area (Å²) in [5.74, 6) is -1.89. The maximum Gasteiger partial charge on any atom is 0.319 e. The van der Waals surface area contributed by atoms with E-state index in [1.54, 1.807) is 18.2 Å². The summed E-state index contributed by atoms with van der Waals surface area (Å²) in [4.78, 5) is 49.4. The van der Waals surface area contributed by atoms with Crippen LogP contribution < -0.4 is 10.6 Å². The van der Waals surface area contributed by atoms with Gasteiger partial charge >= 0.3 is 6.03 Å². The van der Waals surface area contributed by atoms with Crippen LogP contribution in [0, 0.1) is 17.8 Å². The predicted octanol–water partition coefficient (Wildman–Crippen LogP) is 4.10. The molecule has 3 rings (SSSR count). The van der Waals surface area contributed by atoms with Crippen molar-refractivity contribution >= 4 is 40.7 Å². The van der Waals surface area contributed by atoms with E-state index in [2.05, 4.69) is 10.6 Å². The topological polar surface area (TPSA) is 153 Å². The number of aliphatic hydroxyl groups is 2. The molecule has 5 N–H and O–H groups in total. The lowest BCUT2D eigenvalue weighted by atomic mass is 9.72. The molecule has 3 unspecified atom stereocenters. The Kier molecular flexibility index (Phi) is 11.7. The number of amides is 2. The Labute approximate surface area is 238 Å². The number of phenols is 1. The van der Waals surface area contributed by atoms with Gasteiger partial charge in [-0.3, -0.25) is 14.4 Å². The van der Waals surface area contributed by atoms with E-state index in [9.17, 15) is 34.5 Å². The summed E-state index contributed by atoms with van der Waals surface area (Å²) in [7, 11) is 0. The summed E-state index contributed by atoms with van der Waals surface area (Å²) in [5, 5.41) is 35.6. The highest BCUT2D eigenvalue weighted by molar-refractivity contribution is 6.17. The van der Waals surface area contributed by atoms with Gasteiger partial charge in [-0.1, -0.05) is 18.2 Å². The van der Waals surface area contributed by atoms with E-state index in [0.29, 0.717) is 42.9 Å². The number of ketones is 3. The molecule has 0 bridgehead atoms. The summed E-state index contributed by atoms with van der Waals surface area (Å²) < 4.78 is 0. The third-order valence-electron chi connectivity index (χ3n) is 7.32. The number of fused-ring (bicyclic) bond motifs is 1. The van der Waals surface area contributed by atoms with Gasteiger partial charge in [0.15, 0.2) is 5.78 Å². The molecule has 0 fully saturated rings. The van der Waals surface area contributed by atoms with Gasteiger partial charge in [-0.15, -0.1) is 11.6 Å². The fourth-order valence-corrected chi connectivity index (χ4v) is 5.60. The molecule has 0 saturated carbocycles. The number of carbonyl (C=O) groups excluding carboxylic acids is 4. The minimum absolute atomic E-state index is 0.0918. The van der Waals surface area contributed by atoms with Crippen molar-refractivity contribution < 1.29 is 34.5 Å². The van der Waals surface area contributed by atoms with Crippen molar-refractivity contribution in [3.8, 4) is 16.9 Å². The normalized spacial score (nSPS) is 16.1. The van der Waals surface area contributed by atoms with Crippen molar-refractivity contribution in [3.63, 3.8) is 0 Å². The Hall–Kier alpha value is -3.27. The second kappa shape index (κ2) is 14.9. The number of rotatable bonds is 14. The molecule has 2 aromatic rings. The molecule has 40 heavy (non-hydrogen) atoms. The van der Waals surface area contributed by atoms with E-state index in [0.717, 1.165) is 11.1 Å². The molecule has 2 amide bonds. The van der Waals surface area contributed by atoms with Crippen molar-refractivity contribution in [2.75, 3.05) is 31.0 Å². The van der Waals surface area contributed by atoms with Crippen LogP contribution in [0.3, 0.4) is 0 Å². The van der Waals surface area contributed by atoms with E-state index >= 15 is 0 Å². The molecule has 3 atom stereocenters. The predicted molar refractivity (Wildman–Crippen MR) is 153 cm³/mol. The molecule has 10 heteroatoms. The van der Waals surface area contributed by atoms with E-state index in [-0.39, 0.29) is 66.5 Å². The Balaban J connectivity index is 1.83. The number of halogens is 1. The summed E-state index contributed by atoms with van der Waals surface area (Å²) in [6.07, 6.45) is 1.65. The number of nitrogens with one attached hydrogen (secondary N) is 2. The average molecular weight is 573 g/mol. The maximum atomic E-state index is 13.2. The molecular weight excluding hydrogens is 536 g/mol. The zero-order chi connectivity index (χ0) is 29.2. The van der Waals surface area contributed by atoms with Gasteiger partial charge in [0.1, 0.15) is 17.3 Å². The third kappa shape index (κ3) is 8.13. The minimum atomic E-state index is -0.802. The van der Waals surface area contributed by atoms with Crippen molar-refractivity contribution in [2.24, 2.45) is 17.8 Å². The number of alkyl halides is 1. The number of urea groups is 1. The second-order valence-electron chi connectivity index (χ2n) is 10.3. The molecule has 0 saturated heterocycles. The SMILES string of the molecule is CC(=O)CC(=O)C(CO)C(CCO)CC1CC(=O)c2c(O)ccc(-c3ccc(NC(=O)NCCCCl)cc3)c2C1. The van der Waals surface area contributed by atoms with Crippen molar-refractivity contribution in [1.82, 2.24) is 5.32 Å². The number of carbonyl (C=O) groups is 4. The van der Waals surface area contributed by atoms with Gasteiger partial charge in [0.05, 0.1) is 18.6 Å². The van der Waals surface area contributed by atoms with Crippen LogP contribution in [0.5, 0.6) is 5.75 Å². The minimum Gasteiger partial charge on any atom is -0.507 e. The van der Waals surface area contributed by atoms with Gasteiger partial charge in [-0.25, -0.2) is 4.79 Å². The Morgan fingerprint density at radius 1 is 1.07 bits per heavy atom. The van der Waals surface area contributed by atoms with Crippen molar-refractivity contribution in [3.05, 3.63) is 47.5 Å². The van der Waals surface area contributed by atoms with Crippen LogP contribution in [-0.4, -0.2) is 64.3 Å². The number of hydrogen-bond donors (Lipinski definition) is 5. The summed E-state index contributed by atoms with van der Waals surface area (Å²) in [6, 6.07) is 10.1. The van der Waals surface area contributed by atoms with Gasteiger partial charge in [0.2, 0.25) is 0 Å². The highest BCUT2D eigenvalue weighted by Gasteiger charge is 2.35. The molecule has 1 aliphatic carbocycles. The van der Waals surface area contributed by atoms with E-state index in [1.807, 2.05) is 12.1 Å². The van der Waals surface area contributed by atoms with E-state index in [4.69, 9.17) is 11.6 Å². The lowest BCUT2D eigenvalue weighted by Gasteiger charge is -2.31. The van der Waals surface area contributed by atoms with Gasteiger partial charge in [-0.05, 0) is 79.3 Å². The lowest BCUT2D eigenvalue weighted by Crippen LogP contribution is -2.32. The molecule has 0 radical (unpaired) electrons. The van der Waals surface area contributed by atoms with Crippen LogP contribution in [-0.2, 0) is 16.0 Å². The number of anilines is 1. The highest BCUT2D eigenvalue weighted by Crippen LogP contribution is 2.41. The molecule has 0 heterocycles. The molecular formula is C30H37ClN2O7. The fourth-order valence-electron chi connectivity index (χ4n) is 5.47. The zero-order valence-corrected chi connectivity index (χ0v) is 23.4. The number of aliphatic hydroxyl groups excluding tert-OH is 2. The molecule has 0 spiro atoms. The maximum absolute atomic E-state index is 13.2. The molecule has 2 aromatic carbocycles. The summed E-state index contributed by atoms with van der Waals surface area (Å²) in [6.45, 7) is 1.15. The summed E-state index contributed by atoms with van der Waals surface area (Å²) in [5.41, 5.74) is 3.13. The standard InChI is InChI=1S/C30H37ClN2O7/c1-18(36)13-27(38)25(17-35)21(9-12-34)14-19-15-24-23(7-8-26(37)29(24)28(39)16-19)20-3-5-22(6-4-20)33-30(40)32-11-2-10-31/h3-8,19,21,25,34-35,37H,2,9-17H2,1H3,(H2,32,33,40). The van der Waals surface area contributed by atoms with E-state index in [1.165, 1.54) is 13.0 Å². The fraction of sp³-hybridized carbons (Fsp3) is 0.467. The van der Waals surface area contributed by atoms with Crippen LogP contribution in [0.15, 0.2) is 36.4 Å². The highest BCUT2D eigenvalue weighted by atomic mass is 35.5. The van der Waals surface area contributed by atoms with Crippen LogP contribution >= 0.6 is 11.6 Å². The first-order chi connectivity index (χ1) is 19.2. The van der Waals surface area contributed by atoms with Gasteiger partial charge in [-0.2, -0.15) is 0 Å². The Morgan fingerprint density at radius 3 is 2.42 bits per heavy atom. The smallest absolute Gasteiger partial charge is 0.319 e. The number of aromatic hydroxyl groups is 1. The number of Topliss-reactive ketones (excluding diaryl/α,β-unsaturated/α-hetero) is 3. The number of benzene rings is 2. The largest absolute Gasteiger partial charge is 0.507 e. The van der Waals surface area contributed by atoms with Gasteiger partial charge in [0.25, 0.3) is 0 Å². The molecule has 0 aromatic heterocycles. The third-order valence-corrected chi connectivity index (χ3v) is 7.59. The second-order valence-corrected chi connectivity index (χ2v) is 10.7. The molecule has 9 nitrogen and oxygen atoms in total. The Morgan fingerprint density at radius 2 is 1.80 bits per heavy atom. The summed E-state index contributed by atoms with van der Waals surface area (Å²) >= 11 is 5.63. The van der Waals surface area contributed by atoms with Gasteiger partial charge < -0.3 is 26.0 Å². The monoisotopic (exact) mass is 572 g/mol.